The van der Waals surface area contributed by atoms with Crippen LogP contribution >= 0.6 is 0 Å². The number of alkyl halides is 8. The largest absolute Gasteiger partial charge is 0.423 e. The minimum atomic E-state index is -5.11. The Kier molecular flexibility index (Phi) is 12.9. The van der Waals surface area contributed by atoms with Crippen molar-refractivity contribution in [3.63, 3.8) is 0 Å². The first kappa shape index (κ1) is 40.5. The number of ether oxygens (including phenoxy) is 2. The minimum Gasteiger partial charge on any atom is -0.380 e. The second-order valence-electron chi connectivity index (χ2n) is 13.0. The van der Waals surface area contributed by atoms with Crippen molar-refractivity contribution >= 4 is 24.5 Å². The van der Waals surface area contributed by atoms with Gasteiger partial charge in [0, 0.05) is 45.9 Å². The minimum absolute atomic E-state index is 0.00974. The molecule has 0 spiro atoms. The summed E-state index contributed by atoms with van der Waals surface area (Å²) in [5.41, 5.74) is -5.71. The van der Waals surface area contributed by atoms with Gasteiger partial charge in [-0.2, -0.15) is 40.2 Å². The molecule has 0 fully saturated rings. The molecule has 0 unspecified atom stereocenters. The monoisotopic (exact) mass is 766 g/mol. The smallest absolute Gasteiger partial charge is 0.380 e. The molecule has 10 nitrogen and oxygen atoms in total. The normalized spacial score (nSPS) is 13.2. The predicted octanol–water partition coefficient (Wildman–Crippen LogP) is 7.39. The molecular weight excluding hydrogens is 731 g/mol. The quantitative estimate of drug-likeness (QED) is 0.0714. The summed E-state index contributed by atoms with van der Waals surface area (Å²) in [6.45, 7) is 2.24. The predicted molar refractivity (Wildman–Crippen MR) is 175 cm³/mol. The maximum Gasteiger partial charge on any atom is 0.423 e. The Hall–Kier alpha value is -4.30. The van der Waals surface area contributed by atoms with Gasteiger partial charge in [-0.15, -0.1) is 0 Å². The molecule has 0 aliphatic heterocycles. The molecule has 4 rings (SSSR count). The molecule has 0 aliphatic rings. The van der Waals surface area contributed by atoms with E-state index in [1.165, 1.54) is 22.9 Å². The first-order valence-electron chi connectivity index (χ1n) is 15.9. The summed E-state index contributed by atoms with van der Waals surface area (Å²) in [6, 6.07) is 3.30. The lowest BCUT2D eigenvalue weighted by Crippen LogP contribution is -2.34. The maximum atomic E-state index is 15.0. The molecule has 1 N–H and O–H groups in total. The maximum absolute atomic E-state index is 15.0. The number of aromatic nitrogens is 5. The van der Waals surface area contributed by atoms with Crippen LogP contribution < -0.4 is 16.4 Å². The van der Waals surface area contributed by atoms with Crippen molar-refractivity contribution in [2.75, 3.05) is 18.5 Å². The summed E-state index contributed by atoms with van der Waals surface area (Å²) >= 11 is 0. The van der Waals surface area contributed by atoms with Gasteiger partial charge in [0.1, 0.15) is 18.1 Å². The molecule has 0 bridgehead atoms. The second kappa shape index (κ2) is 16.6. The van der Waals surface area contributed by atoms with Gasteiger partial charge in [-0.25, -0.2) is 19.0 Å². The van der Waals surface area contributed by atoms with Gasteiger partial charge in [-0.05, 0) is 48.9 Å². The molecule has 52 heavy (non-hydrogen) atoms. The molecule has 0 aliphatic carbocycles. The average molecular weight is 767 g/mol. The zero-order chi connectivity index (χ0) is 38.4. The summed E-state index contributed by atoms with van der Waals surface area (Å²) in [4.78, 5) is 33.3. The van der Waals surface area contributed by atoms with Crippen molar-refractivity contribution < 1.29 is 49.0 Å². The molecule has 0 saturated heterocycles. The third kappa shape index (κ3) is 10.9. The number of halogens is 9. The van der Waals surface area contributed by atoms with E-state index in [1.807, 2.05) is 0 Å². The molecule has 284 valence electrons. The third-order valence-corrected chi connectivity index (χ3v) is 9.55. The van der Waals surface area contributed by atoms with E-state index in [0.717, 1.165) is 12.3 Å². The van der Waals surface area contributed by atoms with Crippen LogP contribution in [-0.4, -0.2) is 58.3 Å². The Bertz CT molecular complexity index is 1950. The molecule has 4 aromatic rings. The fourth-order valence-electron chi connectivity index (χ4n) is 5.08. The number of benzene rings is 1. The van der Waals surface area contributed by atoms with E-state index in [0.29, 0.717) is 23.1 Å². The number of hydrogen-bond acceptors (Lipinski definition) is 8. The van der Waals surface area contributed by atoms with Gasteiger partial charge in [0.2, 0.25) is 0 Å². The molecule has 0 radical (unpaired) electrons. The topological polar surface area (TPSA) is 113 Å². The van der Waals surface area contributed by atoms with Crippen LogP contribution in [0.5, 0.6) is 0 Å². The molecule has 0 saturated carbocycles. The number of aryl methyl sites for hydroxylation is 1. The summed E-state index contributed by atoms with van der Waals surface area (Å²) < 4.78 is 133. The van der Waals surface area contributed by atoms with Crippen LogP contribution in [0.25, 0.3) is 22.2 Å². The lowest BCUT2D eigenvalue weighted by molar-refractivity contribution is -0.139. The number of hydrogen-bond donors (Lipinski definition) is 1. The van der Waals surface area contributed by atoms with E-state index < -0.39 is 80.2 Å². The van der Waals surface area contributed by atoms with Crippen LogP contribution in [0.4, 0.5) is 45.2 Å². The Morgan fingerprint density at radius 2 is 1.62 bits per heavy atom. The fourth-order valence-corrected chi connectivity index (χ4v) is 5.83. The van der Waals surface area contributed by atoms with Gasteiger partial charge in [-0.3, -0.25) is 9.59 Å². The van der Waals surface area contributed by atoms with E-state index in [2.05, 4.69) is 44.8 Å². The lowest BCUT2D eigenvalue weighted by Gasteiger charge is -2.23. The van der Waals surface area contributed by atoms with Crippen molar-refractivity contribution in [3.05, 3.63) is 80.6 Å². The number of nitrogens with zero attached hydrogens (tertiary/aromatic N) is 5. The Balaban J connectivity index is 1.51. The van der Waals surface area contributed by atoms with Crippen LogP contribution in [-0.2, 0) is 35.1 Å². The highest BCUT2D eigenvalue weighted by molar-refractivity contribution is 6.76. The van der Waals surface area contributed by atoms with E-state index in [-0.39, 0.29) is 54.6 Å². The molecule has 3 aromatic heterocycles. The van der Waals surface area contributed by atoms with E-state index in [4.69, 9.17) is 4.74 Å². The number of rotatable bonds is 16. The van der Waals surface area contributed by atoms with Crippen LogP contribution in [0.2, 0.25) is 25.7 Å². The summed E-state index contributed by atoms with van der Waals surface area (Å²) in [5.74, 6) is -1.31. The SMILES string of the molecule is C[Si](C)(C)CCOCn1ncc(N[C@H](CCCn2ccc3cc(-c4ncc(C(F)(F)F)cn4)c(F)cc3c2=O)CCOC(F)F)c(C(F)(F)F)c1=O. The van der Waals surface area contributed by atoms with Gasteiger partial charge in [-0.1, -0.05) is 19.6 Å². The summed E-state index contributed by atoms with van der Waals surface area (Å²) in [5, 5.41) is 6.55. The first-order valence-corrected chi connectivity index (χ1v) is 19.6. The Morgan fingerprint density at radius 3 is 2.23 bits per heavy atom. The molecule has 20 heteroatoms. The van der Waals surface area contributed by atoms with Crippen LogP contribution in [0, 0.1) is 5.82 Å². The summed E-state index contributed by atoms with van der Waals surface area (Å²) in [7, 11) is -1.51. The zero-order valence-electron chi connectivity index (χ0n) is 28.1. The Labute approximate surface area is 291 Å². The van der Waals surface area contributed by atoms with Gasteiger partial charge in [0.15, 0.2) is 5.82 Å². The van der Waals surface area contributed by atoms with Crippen molar-refractivity contribution in [1.29, 1.82) is 0 Å². The number of anilines is 1. The molecule has 1 aromatic carbocycles. The third-order valence-electron chi connectivity index (χ3n) is 7.84. The first-order chi connectivity index (χ1) is 24.2. The number of fused-ring (bicyclic) bond motifs is 1. The van der Waals surface area contributed by atoms with Gasteiger partial charge in [0.05, 0.1) is 35.0 Å². The summed E-state index contributed by atoms with van der Waals surface area (Å²) in [6.07, 6.45) is -6.73. The fraction of sp³-hybridized carbons (Fsp3) is 0.469. The van der Waals surface area contributed by atoms with Crippen molar-refractivity contribution in [2.45, 2.75) is 83.2 Å². The molecule has 0 amide bonds. The number of nitrogens with one attached hydrogen (secondary N) is 1. The van der Waals surface area contributed by atoms with Crippen molar-refractivity contribution in [3.8, 4) is 11.4 Å². The van der Waals surface area contributed by atoms with E-state index in [9.17, 15) is 44.7 Å². The van der Waals surface area contributed by atoms with Crippen molar-refractivity contribution in [2.24, 2.45) is 0 Å². The second-order valence-corrected chi connectivity index (χ2v) is 18.6. The highest BCUT2D eigenvalue weighted by Crippen LogP contribution is 2.33. The van der Waals surface area contributed by atoms with Crippen LogP contribution in [0.15, 0.2) is 52.6 Å². The highest BCUT2D eigenvalue weighted by atomic mass is 28.3. The van der Waals surface area contributed by atoms with E-state index in [1.54, 1.807) is 0 Å². The van der Waals surface area contributed by atoms with Crippen LogP contribution in [0.3, 0.4) is 0 Å². The lowest BCUT2D eigenvalue weighted by atomic mass is 10.1. The number of pyridine rings is 1. The van der Waals surface area contributed by atoms with Crippen LogP contribution in [0.1, 0.15) is 30.4 Å². The standard InChI is InChI=1S/C32H35F9N6O4Si/c1-52(2,3)12-11-50-18-47-29(49)26(32(39,40)41)25(17-44-47)45-21(7-10-51-30(34)35)5-4-8-46-9-6-19-13-23(24(33)14-22(19)28(46)48)27-42-15-20(16-43-27)31(36,37)38/h6,9,13-17,21,30,45H,4-5,7-8,10-12,18H2,1-3H3/t21-/m1/s1. The van der Waals surface area contributed by atoms with Gasteiger partial charge in [0.25, 0.3) is 11.1 Å². The van der Waals surface area contributed by atoms with E-state index >= 15 is 4.39 Å². The molecule has 1 atom stereocenters. The zero-order valence-corrected chi connectivity index (χ0v) is 29.1. The molecular formula is C32H35F9N6O4Si. The average Bonchev–Trinajstić information content (AvgIpc) is 3.03. The van der Waals surface area contributed by atoms with Crippen molar-refractivity contribution in [1.82, 2.24) is 24.3 Å². The van der Waals surface area contributed by atoms with Gasteiger partial charge >= 0.3 is 19.0 Å². The highest BCUT2D eigenvalue weighted by Gasteiger charge is 2.39. The van der Waals surface area contributed by atoms with Gasteiger partial charge < -0.3 is 19.4 Å². The molecule has 3 heterocycles. The Morgan fingerprint density at radius 1 is 0.923 bits per heavy atom.